The molecule has 0 radical (unpaired) electrons. The molecule has 5 rings (SSSR count). The predicted octanol–water partition coefficient (Wildman–Crippen LogP) is 8.24. The van der Waals surface area contributed by atoms with Crippen molar-refractivity contribution in [1.29, 1.82) is 0 Å². The van der Waals surface area contributed by atoms with Crippen LogP contribution in [0.2, 0.25) is 5.02 Å². The van der Waals surface area contributed by atoms with Gasteiger partial charge < -0.3 is 14.4 Å². The number of benzene rings is 2. The van der Waals surface area contributed by atoms with Gasteiger partial charge >= 0.3 is 6.16 Å². The topological polar surface area (TPSA) is 75.2 Å². The van der Waals surface area contributed by atoms with Crippen LogP contribution in [0.1, 0.15) is 82.3 Å². The molecule has 0 unspecified atom stereocenters. The molecule has 2 aliphatic heterocycles. The number of piperazine rings is 1. The Morgan fingerprint density at radius 2 is 1.64 bits per heavy atom. The van der Waals surface area contributed by atoms with Crippen molar-refractivity contribution in [3.05, 3.63) is 52.5 Å². The summed E-state index contributed by atoms with van der Waals surface area (Å²) in [5, 5.41) is 1.86. The van der Waals surface area contributed by atoms with Gasteiger partial charge in [-0.05, 0) is 53.7 Å². The van der Waals surface area contributed by atoms with Gasteiger partial charge in [-0.15, -0.1) is 0 Å². The number of rotatable bonds is 17. The average molecular weight is 655 g/mol. The number of unbranched alkanes of at least 4 members (excludes halogenated alkanes) is 9. The van der Waals surface area contributed by atoms with Crippen LogP contribution >= 0.6 is 23.1 Å². The Kier molecular flexibility index (Phi) is 12.8. The van der Waals surface area contributed by atoms with Crippen LogP contribution in [0.15, 0.2) is 36.4 Å². The second kappa shape index (κ2) is 17.2. The molecule has 1 aromatic heterocycles. The fraction of sp³-hybridized carbons (Fsp3) is 0.571. The average Bonchev–Trinajstić information content (AvgIpc) is 3.61. The van der Waals surface area contributed by atoms with E-state index in [1.807, 2.05) is 12.1 Å². The molecular formula is C35H47ClN4O4S. The van der Waals surface area contributed by atoms with E-state index in [1.165, 1.54) is 59.9 Å². The molecule has 3 heterocycles. The van der Waals surface area contributed by atoms with Crippen LogP contribution in [-0.2, 0) is 27.1 Å². The summed E-state index contributed by atoms with van der Waals surface area (Å²) in [6, 6.07) is 12.3. The van der Waals surface area contributed by atoms with Gasteiger partial charge in [0.1, 0.15) is 5.82 Å². The van der Waals surface area contributed by atoms with E-state index in [9.17, 15) is 9.59 Å². The normalized spacial score (nSPS) is 15.2. The van der Waals surface area contributed by atoms with Gasteiger partial charge in [-0.2, -0.15) is 4.37 Å². The molecule has 1 fully saturated rings. The summed E-state index contributed by atoms with van der Waals surface area (Å²) in [6.07, 6.45) is 12.5. The molecule has 0 N–H and O–H groups in total. The van der Waals surface area contributed by atoms with Crippen LogP contribution in [0.25, 0.3) is 10.1 Å². The molecule has 0 spiro atoms. The Morgan fingerprint density at radius 3 is 2.40 bits per heavy atom. The van der Waals surface area contributed by atoms with E-state index in [1.54, 1.807) is 11.5 Å². The van der Waals surface area contributed by atoms with E-state index in [-0.39, 0.29) is 19.1 Å². The minimum Gasteiger partial charge on any atom is -0.434 e. The van der Waals surface area contributed by atoms with Gasteiger partial charge in [0, 0.05) is 43.1 Å². The van der Waals surface area contributed by atoms with E-state index in [2.05, 4.69) is 41.0 Å². The lowest BCUT2D eigenvalue weighted by molar-refractivity contribution is -0.118. The Hall–Kier alpha value is -2.88. The van der Waals surface area contributed by atoms with Crippen LogP contribution in [0.4, 0.5) is 16.3 Å². The fourth-order valence-electron chi connectivity index (χ4n) is 6.24. The van der Waals surface area contributed by atoms with Crippen LogP contribution in [0, 0.1) is 0 Å². The molecule has 0 saturated carbocycles. The van der Waals surface area contributed by atoms with Gasteiger partial charge in [0.05, 0.1) is 23.4 Å². The zero-order chi connectivity index (χ0) is 31.4. The van der Waals surface area contributed by atoms with Crippen molar-refractivity contribution < 1.29 is 19.1 Å². The first-order valence-electron chi connectivity index (χ1n) is 16.8. The monoisotopic (exact) mass is 654 g/mol. The van der Waals surface area contributed by atoms with Gasteiger partial charge in [-0.25, -0.2) is 4.79 Å². The number of anilines is 2. The Labute approximate surface area is 276 Å². The summed E-state index contributed by atoms with van der Waals surface area (Å²) in [5.74, 6) is 0.990. The van der Waals surface area contributed by atoms with Crippen molar-refractivity contribution in [2.45, 2.75) is 84.0 Å². The Morgan fingerprint density at radius 1 is 0.933 bits per heavy atom. The van der Waals surface area contributed by atoms with Crippen LogP contribution in [-0.4, -0.2) is 67.4 Å². The molecule has 0 aliphatic carbocycles. The van der Waals surface area contributed by atoms with Gasteiger partial charge in [-0.3, -0.25) is 14.6 Å². The van der Waals surface area contributed by atoms with Gasteiger partial charge in [0.15, 0.2) is 6.73 Å². The molecule has 0 atom stereocenters. The maximum atomic E-state index is 12.8. The lowest BCUT2D eigenvalue weighted by Gasteiger charge is -2.35. The molecule has 8 nitrogen and oxygen atoms in total. The van der Waals surface area contributed by atoms with Crippen LogP contribution < -0.4 is 9.80 Å². The lowest BCUT2D eigenvalue weighted by Crippen LogP contribution is -2.47. The highest BCUT2D eigenvalue weighted by Gasteiger charge is 2.30. The molecule has 0 bridgehead atoms. The van der Waals surface area contributed by atoms with Crippen molar-refractivity contribution >= 4 is 56.8 Å². The van der Waals surface area contributed by atoms with Gasteiger partial charge in [-0.1, -0.05) is 94.5 Å². The highest BCUT2D eigenvalue weighted by Crippen LogP contribution is 2.34. The number of hydrogen-bond donors (Lipinski definition) is 0. The van der Waals surface area contributed by atoms with Crippen molar-refractivity contribution in [3.63, 3.8) is 0 Å². The van der Waals surface area contributed by atoms with E-state index in [4.69, 9.17) is 25.4 Å². The number of aromatic nitrogens is 1. The SMILES string of the molecule is CCCCCCCCCCCCOC(=O)OCN1C(=O)Cc2cc(CCN3CCN(c4nsc5ccccc45)CC3)c(Cl)cc21. The summed E-state index contributed by atoms with van der Waals surface area (Å²) in [4.78, 5) is 31.3. The lowest BCUT2D eigenvalue weighted by atomic mass is 10.1. The highest BCUT2D eigenvalue weighted by atomic mass is 35.5. The number of amides is 1. The Bertz CT molecular complexity index is 1410. The number of fused-ring (bicyclic) bond motifs is 2. The predicted molar refractivity (Wildman–Crippen MR) is 184 cm³/mol. The fourth-order valence-corrected chi connectivity index (χ4v) is 7.29. The third kappa shape index (κ3) is 9.33. The summed E-state index contributed by atoms with van der Waals surface area (Å²) in [7, 11) is 0. The third-order valence-electron chi connectivity index (χ3n) is 8.94. The molecule has 244 valence electrons. The van der Waals surface area contributed by atoms with Gasteiger partial charge in [0.25, 0.3) is 0 Å². The Balaban J connectivity index is 0.998. The first-order valence-corrected chi connectivity index (χ1v) is 17.9. The quantitative estimate of drug-likeness (QED) is 0.107. The smallest absolute Gasteiger partial charge is 0.434 e. The molecule has 1 saturated heterocycles. The number of carbonyl (C=O) groups excluding carboxylic acids is 2. The zero-order valence-electron chi connectivity index (χ0n) is 26.6. The molecule has 2 aromatic carbocycles. The van der Waals surface area contributed by atoms with E-state index >= 15 is 0 Å². The summed E-state index contributed by atoms with van der Waals surface area (Å²) >= 11 is 8.26. The number of halogens is 1. The van der Waals surface area contributed by atoms with E-state index in [0.717, 1.165) is 75.4 Å². The maximum absolute atomic E-state index is 12.8. The van der Waals surface area contributed by atoms with Crippen molar-refractivity contribution in [2.75, 3.05) is 55.9 Å². The molecule has 10 heteroatoms. The second-order valence-electron chi connectivity index (χ2n) is 12.2. The number of carbonyl (C=O) groups is 2. The minimum absolute atomic E-state index is 0.105. The van der Waals surface area contributed by atoms with Crippen molar-refractivity contribution in [1.82, 2.24) is 9.27 Å². The van der Waals surface area contributed by atoms with Crippen molar-refractivity contribution in [2.24, 2.45) is 0 Å². The standard InChI is InChI=1S/C35H47ClN4O4S/c1-2-3-4-5-6-7-8-9-10-13-22-43-35(42)44-26-40-31-25-30(36)27(23-28(31)24-33(40)41)16-17-38-18-20-39(21-19-38)34-29-14-11-12-15-32(29)45-37-34/h11-12,14-15,23,25H,2-10,13,16-22,24,26H2,1H3. The summed E-state index contributed by atoms with van der Waals surface area (Å²) in [6.45, 7) is 7.12. The third-order valence-corrected chi connectivity index (χ3v) is 10.1. The number of ether oxygens (including phenoxy) is 2. The number of hydrogen-bond acceptors (Lipinski definition) is 8. The largest absolute Gasteiger partial charge is 0.510 e. The highest BCUT2D eigenvalue weighted by molar-refractivity contribution is 7.13. The van der Waals surface area contributed by atoms with Crippen LogP contribution in [0.5, 0.6) is 0 Å². The van der Waals surface area contributed by atoms with Crippen molar-refractivity contribution in [3.8, 4) is 0 Å². The summed E-state index contributed by atoms with van der Waals surface area (Å²) in [5.41, 5.74) is 2.66. The second-order valence-corrected chi connectivity index (χ2v) is 13.4. The van der Waals surface area contributed by atoms with Gasteiger partial charge in [0.2, 0.25) is 5.91 Å². The molecular weight excluding hydrogens is 608 g/mol. The number of nitrogens with zero attached hydrogens (tertiary/aromatic N) is 4. The molecule has 45 heavy (non-hydrogen) atoms. The van der Waals surface area contributed by atoms with Crippen LogP contribution in [0.3, 0.4) is 0 Å². The first-order chi connectivity index (χ1) is 22.0. The molecule has 1 amide bonds. The van der Waals surface area contributed by atoms with E-state index < -0.39 is 6.16 Å². The first kappa shape index (κ1) is 33.5. The molecule has 2 aliphatic rings. The molecule has 3 aromatic rings. The zero-order valence-corrected chi connectivity index (χ0v) is 28.2. The summed E-state index contributed by atoms with van der Waals surface area (Å²) < 4.78 is 16.5. The maximum Gasteiger partial charge on any atom is 0.510 e. The van der Waals surface area contributed by atoms with E-state index in [0.29, 0.717) is 17.3 Å². The minimum atomic E-state index is -0.738.